The second-order valence-electron chi connectivity index (χ2n) is 4.15. The third-order valence-corrected chi connectivity index (χ3v) is 4.15. The van der Waals surface area contributed by atoms with Gasteiger partial charge in [0.15, 0.2) is 6.16 Å². The van der Waals surface area contributed by atoms with Gasteiger partial charge in [-0.3, -0.25) is 4.79 Å². The standard InChI is InChI=1S/C15H15O5P/c1-18-15(16)12-21(17,19-13-8-4-2-5-9-13)20-14-10-6-3-7-11-14/h2-11H,12H2,1H3. The lowest BCUT2D eigenvalue weighted by atomic mass is 10.3. The van der Waals surface area contributed by atoms with Crippen LogP contribution in [0.1, 0.15) is 0 Å². The van der Waals surface area contributed by atoms with Crippen LogP contribution in [0.5, 0.6) is 11.5 Å². The van der Waals surface area contributed by atoms with Crippen LogP contribution in [0.15, 0.2) is 60.7 Å². The molecule has 21 heavy (non-hydrogen) atoms. The number of rotatable bonds is 6. The minimum Gasteiger partial charge on any atom is -0.468 e. The molecule has 0 aliphatic heterocycles. The second-order valence-corrected chi connectivity index (χ2v) is 6.06. The van der Waals surface area contributed by atoms with Crippen molar-refractivity contribution in [1.82, 2.24) is 0 Å². The van der Waals surface area contributed by atoms with E-state index in [-0.39, 0.29) is 0 Å². The van der Waals surface area contributed by atoms with Gasteiger partial charge in [-0.2, -0.15) is 0 Å². The molecule has 5 nitrogen and oxygen atoms in total. The molecule has 0 aliphatic carbocycles. The van der Waals surface area contributed by atoms with Gasteiger partial charge >= 0.3 is 13.6 Å². The quantitative estimate of drug-likeness (QED) is 0.603. The van der Waals surface area contributed by atoms with Crippen LogP contribution in [0.3, 0.4) is 0 Å². The summed E-state index contributed by atoms with van der Waals surface area (Å²) in [6.07, 6.45) is -0.465. The summed E-state index contributed by atoms with van der Waals surface area (Å²) in [5, 5.41) is 0. The first-order chi connectivity index (χ1) is 10.1. The first-order valence-corrected chi connectivity index (χ1v) is 7.99. The third-order valence-electron chi connectivity index (χ3n) is 2.53. The zero-order valence-electron chi connectivity index (χ0n) is 11.5. The summed E-state index contributed by atoms with van der Waals surface area (Å²) in [4.78, 5) is 11.5. The Morgan fingerprint density at radius 1 is 0.905 bits per heavy atom. The summed E-state index contributed by atoms with van der Waals surface area (Å²) in [5.41, 5.74) is 0. The van der Waals surface area contributed by atoms with Gasteiger partial charge < -0.3 is 13.8 Å². The summed E-state index contributed by atoms with van der Waals surface area (Å²) in [7, 11) is -2.49. The van der Waals surface area contributed by atoms with Crippen LogP contribution in [0.2, 0.25) is 0 Å². The molecule has 0 unspecified atom stereocenters. The Morgan fingerprint density at radius 3 is 1.71 bits per heavy atom. The highest BCUT2D eigenvalue weighted by Crippen LogP contribution is 2.48. The Bertz CT molecular complexity index is 582. The molecule has 110 valence electrons. The molecule has 0 radical (unpaired) electrons. The fourth-order valence-electron chi connectivity index (χ4n) is 1.59. The van der Waals surface area contributed by atoms with Crippen molar-refractivity contribution in [2.24, 2.45) is 0 Å². The van der Waals surface area contributed by atoms with Gasteiger partial charge in [0.2, 0.25) is 0 Å². The van der Waals surface area contributed by atoms with Crippen LogP contribution >= 0.6 is 7.60 Å². The van der Waals surface area contributed by atoms with Gasteiger partial charge in [-0.1, -0.05) is 36.4 Å². The molecule has 2 aromatic carbocycles. The first-order valence-electron chi connectivity index (χ1n) is 6.26. The Labute approximate surface area is 123 Å². The second kappa shape index (κ2) is 6.95. The molecule has 0 saturated carbocycles. The van der Waals surface area contributed by atoms with Gasteiger partial charge in [-0.05, 0) is 24.3 Å². The van der Waals surface area contributed by atoms with E-state index in [1.807, 2.05) is 0 Å². The largest absolute Gasteiger partial charge is 0.468 e. The van der Waals surface area contributed by atoms with Crippen LogP contribution in [0.25, 0.3) is 0 Å². The van der Waals surface area contributed by atoms with E-state index >= 15 is 0 Å². The number of para-hydroxylation sites is 2. The van der Waals surface area contributed by atoms with E-state index in [0.29, 0.717) is 11.5 Å². The minimum absolute atomic E-state index is 0.362. The highest BCUT2D eigenvalue weighted by atomic mass is 31.2. The summed E-state index contributed by atoms with van der Waals surface area (Å²) in [5.74, 6) is 0.0616. The first kappa shape index (κ1) is 15.1. The molecule has 0 spiro atoms. The maximum Gasteiger partial charge on any atom is 0.441 e. The van der Waals surface area contributed by atoms with Gasteiger partial charge in [0.1, 0.15) is 11.5 Å². The lowest BCUT2D eigenvalue weighted by Crippen LogP contribution is -2.14. The molecular formula is C15H15O5P. The van der Waals surface area contributed by atoms with Gasteiger partial charge in [-0.25, -0.2) is 4.57 Å². The van der Waals surface area contributed by atoms with Crippen LogP contribution in [0, 0.1) is 0 Å². The molecule has 0 aromatic heterocycles. The minimum atomic E-state index is -3.71. The van der Waals surface area contributed by atoms with Crippen molar-refractivity contribution >= 4 is 13.6 Å². The predicted octanol–water partition coefficient (Wildman–Crippen LogP) is 3.51. The van der Waals surface area contributed by atoms with Crippen molar-refractivity contribution in [3.8, 4) is 11.5 Å². The summed E-state index contributed by atoms with van der Waals surface area (Å²) in [6, 6.07) is 17.1. The fourth-order valence-corrected chi connectivity index (χ4v) is 3.09. The SMILES string of the molecule is COC(=O)CP(=O)(Oc1ccccc1)Oc1ccccc1. The molecule has 0 aliphatic rings. The van der Waals surface area contributed by atoms with Crippen molar-refractivity contribution in [3.05, 3.63) is 60.7 Å². The lowest BCUT2D eigenvalue weighted by Gasteiger charge is -2.19. The molecular weight excluding hydrogens is 291 g/mol. The maximum absolute atomic E-state index is 12.8. The number of hydrogen-bond donors (Lipinski definition) is 0. The molecule has 0 saturated heterocycles. The normalized spacial score (nSPS) is 10.7. The smallest absolute Gasteiger partial charge is 0.441 e. The number of carbonyl (C=O) groups excluding carboxylic acids is 1. The Morgan fingerprint density at radius 2 is 1.33 bits per heavy atom. The summed E-state index contributed by atoms with van der Waals surface area (Å²) >= 11 is 0. The van der Waals surface area contributed by atoms with Crippen molar-refractivity contribution in [2.45, 2.75) is 0 Å². The summed E-state index contributed by atoms with van der Waals surface area (Å²) in [6.45, 7) is 0. The molecule has 0 bridgehead atoms. The van der Waals surface area contributed by atoms with Crippen molar-refractivity contribution in [3.63, 3.8) is 0 Å². The van der Waals surface area contributed by atoms with E-state index in [0.717, 1.165) is 0 Å². The van der Waals surface area contributed by atoms with Gasteiger partial charge in [0.05, 0.1) is 7.11 Å². The highest BCUT2D eigenvalue weighted by Gasteiger charge is 2.32. The number of benzene rings is 2. The molecule has 0 heterocycles. The monoisotopic (exact) mass is 306 g/mol. The van der Waals surface area contributed by atoms with Crippen LogP contribution in [0.4, 0.5) is 0 Å². The number of esters is 1. The summed E-state index contributed by atoms with van der Waals surface area (Å²) < 4.78 is 28.1. The van der Waals surface area contributed by atoms with E-state index in [1.165, 1.54) is 7.11 Å². The molecule has 0 fully saturated rings. The van der Waals surface area contributed by atoms with E-state index < -0.39 is 19.7 Å². The number of hydrogen-bond acceptors (Lipinski definition) is 5. The number of carbonyl (C=O) groups is 1. The maximum atomic E-state index is 12.8. The number of ether oxygens (including phenoxy) is 1. The van der Waals surface area contributed by atoms with E-state index in [9.17, 15) is 9.36 Å². The predicted molar refractivity (Wildman–Crippen MR) is 78.6 cm³/mol. The third kappa shape index (κ3) is 4.65. The molecule has 0 amide bonds. The number of methoxy groups -OCH3 is 1. The van der Waals surface area contributed by atoms with Gasteiger partial charge in [-0.15, -0.1) is 0 Å². The highest BCUT2D eigenvalue weighted by molar-refractivity contribution is 7.55. The van der Waals surface area contributed by atoms with Crippen LogP contribution < -0.4 is 9.05 Å². The molecule has 0 atom stereocenters. The molecule has 0 N–H and O–H groups in total. The Hall–Kier alpha value is -2.26. The average Bonchev–Trinajstić information content (AvgIpc) is 2.48. The zero-order valence-corrected chi connectivity index (χ0v) is 12.4. The van der Waals surface area contributed by atoms with E-state index in [2.05, 4.69) is 4.74 Å². The van der Waals surface area contributed by atoms with Crippen molar-refractivity contribution in [2.75, 3.05) is 13.3 Å². The van der Waals surface area contributed by atoms with Crippen LogP contribution in [-0.4, -0.2) is 19.2 Å². The van der Waals surface area contributed by atoms with Crippen molar-refractivity contribution < 1.29 is 23.1 Å². The Kier molecular flexibility index (Phi) is 5.01. The molecule has 2 rings (SSSR count). The average molecular weight is 306 g/mol. The molecule has 6 heteroatoms. The van der Waals surface area contributed by atoms with Crippen molar-refractivity contribution in [1.29, 1.82) is 0 Å². The van der Waals surface area contributed by atoms with Gasteiger partial charge in [0.25, 0.3) is 0 Å². The van der Waals surface area contributed by atoms with E-state index in [4.69, 9.17) is 9.05 Å². The fraction of sp³-hybridized carbons (Fsp3) is 0.133. The van der Waals surface area contributed by atoms with Gasteiger partial charge in [0, 0.05) is 0 Å². The lowest BCUT2D eigenvalue weighted by molar-refractivity contribution is -0.137. The molecule has 2 aromatic rings. The topological polar surface area (TPSA) is 61.8 Å². The van der Waals surface area contributed by atoms with Crippen LogP contribution in [-0.2, 0) is 14.1 Å². The Balaban J connectivity index is 2.21. The van der Waals surface area contributed by atoms with E-state index in [1.54, 1.807) is 60.7 Å². The zero-order chi connectivity index (χ0) is 15.1.